The fraction of sp³-hybridized carbons (Fsp3) is 0.235. The first-order valence-electron chi connectivity index (χ1n) is 8.16. The number of nitrogens with zero attached hydrogens (tertiary/aromatic N) is 5. The van der Waals surface area contributed by atoms with Crippen LogP contribution in [-0.2, 0) is 17.9 Å². The quantitative estimate of drug-likeness (QED) is 0.455. The molecule has 27 heavy (non-hydrogen) atoms. The van der Waals surface area contributed by atoms with E-state index in [1.54, 1.807) is 10.9 Å². The van der Waals surface area contributed by atoms with E-state index >= 15 is 0 Å². The molecule has 10 heteroatoms. The number of aryl methyl sites for hydroxylation is 2. The number of carbonyl (C=O) groups excluding carboxylic acids is 1. The molecule has 2 heterocycles. The van der Waals surface area contributed by atoms with Gasteiger partial charge in [-0.1, -0.05) is 29.8 Å². The maximum absolute atomic E-state index is 12.1. The van der Waals surface area contributed by atoms with E-state index in [-0.39, 0.29) is 24.6 Å². The molecule has 0 saturated carbocycles. The normalized spacial score (nSPS) is 10.7. The first-order chi connectivity index (χ1) is 12.9. The molecular formula is C17H17BrN6O3. The number of hydrogen-bond donors (Lipinski definition) is 1. The second kappa shape index (κ2) is 8.12. The van der Waals surface area contributed by atoms with Crippen LogP contribution in [0.5, 0.6) is 0 Å². The highest BCUT2D eigenvalue weighted by molar-refractivity contribution is 9.10. The Morgan fingerprint density at radius 2 is 2.00 bits per heavy atom. The van der Waals surface area contributed by atoms with Crippen molar-refractivity contribution in [3.63, 3.8) is 0 Å². The molecule has 0 radical (unpaired) electrons. The van der Waals surface area contributed by atoms with Gasteiger partial charge in [0, 0.05) is 19.2 Å². The summed E-state index contributed by atoms with van der Waals surface area (Å²) in [5.74, 6) is 0.174. The van der Waals surface area contributed by atoms with Crippen molar-refractivity contribution in [3.8, 4) is 0 Å². The minimum absolute atomic E-state index is 0.104. The van der Waals surface area contributed by atoms with Crippen LogP contribution in [0.3, 0.4) is 0 Å². The number of nitrogens with one attached hydrogen (secondary N) is 1. The Labute approximate surface area is 163 Å². The summed E-state index contributed by atoms with van der Waals surface area (Å²) in [7, 11) is 0. The maximum atomic E-state index is 12.1. The Morgan fingerprint density at radius 1 is 1.26 bits per heavy atom. The molecule has 0 bridgehead atoms. The van der Waals surface area contributed by atoms with Crippen molar-refractivity contribution in [2.24, 2.45) is 0 Å². The van der Waals surface area contributed by atoms with Gasteiger partial charge in [-0.15, -0.1) is 0 Å². The molecular weight excluding hydrogens is 416 g/mol. The molecule has 0 fully saturated rings. The third-order valence-electron chi connectivity index (χ3n) is 3.84. The molecule has 9 nitrogen and oxygen atoms in total. The third kappa shape index (κ3) is 5.00. The lowest BCUT2D eigenvalue weighted by Gasteiger charge is -2.04. The number of nitro groups is 1. The van der Waals surface area contributed by atoms with Crippen molar-refractivity contribution in [3.05, 3.63) is 68.6 Å². The highest BCUT2D eigenvalue weighted by Crippen LogP contribution is 2.21. The molecule has 0 aliphatic carbocycles. The molecule has 2 aromatic heterocycles. The van der Waals surface area contributed by atoms with Crippen molar-refractivity contribution < 1.29 is 9.72 Å². The Balaban J connectivity index is 1.56. The van der Waals surface area contributed by atoms with Gasteiger partial charge in [-0.05, 0) is 28.4 Å². The Morgan fingerprint density at radius 3 is 2.67 bits per heavy atom. The number of aromatic nitrogens is 4. The van der Waals surface area contributed by atoms with Crippen LogP contribution >= 0.6 is 15.9 Å². The van der Waals surface area contributed by atoms with Gasteiger partial charge >= 0.3 is 5.69 Å². The summed E-state index contributed by atoms with van der Waals surface area (Å²) in [4.78, 5) is 22.2. The average Bonchev–Trinajstić information content (AvgIpc) is 3.22. The van der Waals surface area contributed by atoms with Gasteiger partial charge in [0.25, 0.3) is 0 Å². The van der Waals surface area contributed by atoms with Gasteiger partial charge in [-0.25, -0.2) is 0 Å². The molecule has 1 N–H and O–H groups in total. The zero-order valence-corrected chi connectivity index (χ0v) is 16.1. The van der Waals surface area contributed by atoms with Crippen molar-refractivity contribution in [2.75, 3.05) is 5.32 Å². The smallest absolute Gasteiger partial charge is 0.306 e. The summed E-state index contributed by atoms with van der Waals surface area (Å²) in [5.41, 5.74) is 2.19. The van der Waals surface area contributed by atoms with Gasteiger partial charge in [0.1, 0.15) is 12.4 Å². The summed E-state index contributed by atoms with van der Waals surface area (Å²) >= 11 is 3.40. The van der Waals surface area contributed by atoms with Crippen LogP contribution < -0.4 is 5.32 Å². The monoisotopic (exact) mass is 432 g/mol. The number of anilines is 1. The fourth-order valence-corrected chi connectivity index (χ4v) is 2.84. The molecule has 0 spiro atoms. The molecule has 3 rings (SSSR count). The van der Waals surface area contributed by atoms with Crippen LogP contribution in [0.1, 0.15) is 17.5 Å². The van der Waals surface area contributed by atoms with E-state index in [4.69, 9.17) is 0 Å². The second-order valence-electron chi connectivity index (χ2n) is 6.03. The molecule has 0 aliphatic heterocycles. The average molecular weight is 433 g/mol. The molecule has 1 aromatic carbocycles. The van der Waals surface area contributed by atoms with E-state index in [9.17, 15) is 14.9 Å². The fourth-order valence-electron chi connectivity index (χ4n) is 2.42. The Hall–Kier alpha value is -3.01. The molecule has 3 aromatic rings. The summed E-state index contributed by atoms with van der Waals surface area (Å²) in [6.45, 7) is 2.86. The molecule has 140 valence electrons. The first kappa shape index (κ1) is 18.8. The van der Waals surface area contributed by atoms with E-state index in [1.807, 2.05) is 31.2 Å². The summed E-state index contributed by atoms with van der Waals surface area (Å²) in [5, 5.41) is 21.6. The van der Waals surface area contributed by atoms with Crippen LogP contribution in [0.25, 0.3) is 0 Å². The van der Waals surface area contributed by atoms with Crippen LogP contribution in [0.4, 0.5) is 11.5 Å². The van der Waals surface area contributed by atoms with Crippen molar-refractivity contribution >= 4 is 33.3 Å². The van der Waals surface area contributed by atoms with Crippen molar-refractivity contribution in [1.29, 1.82) is 0 Å². The van der Waals surface area contributed by atoms with Crippen LogP contribution in [0.15, 0.2) is 47.3 Å². The lowest BCUT2D eigenvalue weighted by Crippen LogP contribution is -2.15. The summed E-state index contributed by atoms with van der Waals surface area (Å²) < 4.78 is 3.78. The number of amides is 1. The van der Waals surface area contributed by atoms with Crippen molar-refractivity contribution in [2.45, 2.75) is 26.4 Å². The first-order valence-corrected chi connectivity index (χ1v) is 8.95. The van der Waals surface area contributed by atoms with Gasteiger partial charge < -0.3 is 5.32 Å². The zero-order chi connectivity index (χ0) is 19.4. The standard InChI is InChI=1S/C17H17BrN6O3/c1-12-2-4-13(5-3-12)9-23-11-15(18)17(21-23)20-16(25)6-7-22-10-14(8-19-22)24(26)27/h2-5,8,10-11H,6-7,9H2,1H3,(H,20,21,25). The van der Waals surface area contributed by atoms with Gasteiger partial charge in [0.05, 0.1) is 15.9 Å². The van der Waals surface area contributed by atoms with E-state index in [2.05, 4.69) is 31.4 Å². The van der Waals surface area contributed by atoms with Gasteiger partial charge in [-0.3, -0.25) is 24.3 Å². The van der Waals surface area contributed by atoms with Gasteiger partial charge in [-0.2, -0.15) is 10.2 Å². The van der Waals surface area contributed by atoms with Crippen LogP contribution in [-0.4, -0.2) is 30.4 Å². The zero-order valence-electron chi connectivity index (χ0n) is 14.5. The summed E-state index contributed by atoms with van der Waals surface area (Å²) in [6, 6.07) is 8.14. The third-order valence-corrected chi connectivity index (χ3v) is 4.42. The highest BCUT2D eigenvalue weighted by atomic mass is 79.9. The minimum Gasteiger partial charge on any atom is -0.308 e. The predicted molar refractivity (Wildman–Crippen MR) is 102 cm³/mol. The number of carbonyl (C=O) groups is 1. The Bertz CT molecular complexity index is 963. The molecule has 0 aliphatic rings. The van der Waals surface area contributed by atoms with Gasteiger partial charge in [0.2, 0.25) is 5.91 Å². The van der Waals surface area contributed by atoms with Gasteiger partial charge in [0.15, 0.2) is 5.82 Å². The number of hydrogen-bond acceptors (Lipinski definition) is 5. The second-order valence-corrected chi connectivity index (χ2v) is 6.88. The van der Waals surface area contributed by atoms with E-state index in [0.717, 1.165) is 11.8 Å². The van der Waals surface area contributed by atoms with E-state index < -0.39 is 4.92 Å². The SMILES string of the molecule is Cc1ccc(Cn2cc(Br)c(NC(=O)CCn3cc([N+](=O)[O-])cn3)n2)cc1. The van der Waals surface area contributed by atoms with Crippen LogP contribution in [0, 0.1) is 17.0 Å². The Kier molecular flexibility index (Phi) is 5.65. The van der Waals surface area contributed by atoms with E-state index in [0.29, 0.717) is 16.8 Å². The van der Waals surface area contributed by atoms with Crippen LogP contribution in [0.2, 0.25) is 0 Å². The molecule has 1 amide bonds. The van der Waals surface area contributed by atoms with E-state index in [1.165, 1.54) is 16.4 Å². The largest absolute Gasteiger partial charge is 0.308 e. The highest BCUT2D eigenvalue weighted by Gasteiger charge is 2.13. The minimum atomic E-state index is -0.526. The number of rotatable bonds is 7. The topological polar surface area (TPSA) is 108 Å². The lowest BCUT2D eigenvalue weighted by molar-refractivity contribution is -0.385. The maximum Gasteiger partial charge on any atom is 0.306 e. The molecule has 0 unspecified atom stereocenters. The number of benzene rings is 1. The predicted octanol–water partition coefficient (Wildman–Crippen LogP) is 3.14. The lowest BCUT2D eigenvalue weighted by atomic mass is 10.1. The molecule has 0 atom stereocenters. The molecule has 0 saturated heterocycles. The number of halogens is 1. The van der Waals surface area contributed by atoms with Crippen molar-refractivity contribution in [1.82, 2.24) is 19.6 Å². The summed E-state index contributed by atoms with van der Waals surface area (Å²) in [6.07, 6.45) is 4.36.